The minimum Gasteiger partial charge on any atom is -0.497 e. The summed E-state index contributed by atoms with van der Waals surface area (Å²) < 4.78 is 16.9. The van der Waals surface area contributed by atoms with Crippen LogP contribution in [0.2, 0.25) is 0 Å². The molecule has 0 saturated carbocycles. The van der Waals surface area contributed by atoms with E-state index in [9.17, 15) is 19.8 Å². The van der Waals surface area contributed by atoms with Gasteiger partial charge < -0.3 is 39.2 Å². The maximum Gasteiger partial charge on any atom is 0.233 e. The number of amides is 2. The number of aliphatic hydroxyl groups is 2. The van der Waals surface area contributed by atoms with Crippen molar-refractivity contribution in [3.05, 3.63) is 54.1 Å². The molecule has 4 rings (SSSR count). The van der Waals surface area contributed by atoms with E-state index in [1.165, 1.54) is 25.8 Å². The number of methoxy groups -OCH3 is 2. The Hall–Kier alpha value is -3.16. The summed E-state index contributed by atoms with van der Waals surface area (Å²) in [6.07, 6.45) is -1.97. The third-order valence-electron chi connectivity index (χ3n) is 8.63. The molecule has 1 aliphatic rings. The summed E-state index contributed by atoms with van der Waals surface area (Å²) in [6.45, 7) is 6.78. The van der Waals surface area contributed by atoms with Gasteiger partial charge in [0.1, 0.15) is 24.1 Å². The van der Waals surface area contributed by atoms with Crippen molar-refractivity contribution in [3.8, 4) is 5.75 Å². The Labute approximate surface area is 275 Å². The number of benzene rings is 2. The van der Waals surface area contributed by atoms with Crippen molar-refractivity contribution in [1.82, 2.24) is 19.8 Å². The Morgan fingerprint density at radius 3 is 2.59 bits per heavy atom. The molecular weight excluding hydrogens is 608 g/mol. The number of H-pyrrole nitrogens is 1. The lowest BCUT2D eigenvalue weighted by Gasteiger charge is -2.42. The average Bonchev–Trinajstić information content (AvgIpc) is 3.47. The normalized spacial score (nSPS) is 24.0. The van der Waals surface area contributed by atoms with Gasteiger partial charge >= 0.3 is 0 Å². The first-order valence-corrected chi connectivity index (χ1v) is 16.8. The minimum absolute atomic E-state index is 0.0481. The Kier molecular flexibility index (Phi) is 13.3. The number of nitrogens with zero attached hydrogens (tertiary/aromatic N) is 3. The van der Waals surface area contributed by atoms with E-state index in [1.807, 2.05) is 53.4 Å². The molecule has 252 valence electrons. The predicted octanol–water partition coefficient (Wildman–Crippen LogP) is 3.90. The van der Waals surface area contributed by atoms with Crippen LogP contribution in [0.15, 0.2) is 53.7 Å². The van der Waals surface area contributed by atoms with E-state index in [4.69, 9.17) is 14.2 Å². The van der Waals surface area contributed by atoms with Gasteiger partial charge in [-0.1, -0.05) is 49.9 Å². The molecule has 0 radical (unpaired) electrons. The molecule has 3 aromatic rings. The number of carbonyl (C=O) groups excluding carboxylic acids is 2. The highest BCUT2D eigenvalue weighted by atomic mass is 32.2. The fourth-order valence-corrected chi connectivity index (χ4v) is 6.72. The number of imidazole rings is 1. The van der Waals surface area contributed by atoms with Crippen molar-refractivity contribution in [1.29, 1.82) is 0 Å². The number of nitrogens with one attached hydrogen (secondary N) is 1. The lowest BCUT2D eigenvalue weighted by molar-refractivity contribution is -0.139. The average molecular weight is 657 g/mol. The van der Waals surface area contributed by atoms with Crippen LogP contribution in [-0.4, -0.2) is 113 Å². The van der Waals surface area contributed by atoms with Crippen LogP contribution in [0.25, 0.3) is 11.0 Å². The van der Waals surface area contributed by atoms with Crippen molar-refractivity contribution in [2.45, 2.75) is 63.1 Å². The molecule has 1 saturated heterocycles. The molecule has 0 aliphatic carbocycles. The summed E-state index contributed by atoms with van der Waals surface area (Å²) in [5, 5.41) is 22.2. The van der Waals surface area contributed by atoms with E-state index in [-0.39, 0.29) is 42.6 Å². The highest BCUT2D eigenvalue weighted by molar-refractivity contribution is 7.99. The largest absolute Gasteiger partial charge is 0.497 e. The number of aliphatic hydroxyl groups excluding tert-OH is 2. The van der Waals surface area contributed by atoms with Gasteiger partial charge in [0.25, 0.3) is 0 Å². The highest BCUT2D eigenvalue weighted by Gasteiger charge is 2.37. The number of hydrogen-bond acceptors (Lipinski definition) is 9. The van der Waals surface area contributed by atoms with Crippen LogP contribution in [0.1, 0.15) is 45.2 Å². The zero-order valence-corrected chi connectivity index (χ0v) is 28.2. The highest BCUT2D eigenvalue weighted by Crippen LogP contribution is 2.37. The molecule has 11 nitrogen and oxygen atoms in total. The second-order valence-corrected chi connectivity index (χ2v) is 13.1. The van der Waals surface area contributed by atoms with E-state index in [0.717, 1.165) is 16.6 Å². The first kappa shape index (κ1) is 35.7. The molecule has 2 amide bonds. The smallest absolute Gasteiger partial charge is 0.233 e. The predicted molar refractivity (Wildman–Crippen MR) is 178 cm³/mol. The lowest BCUT2D eigenvalue weighted by Crippen LogP contribution is -2.51. The zero-order chi connectivity index (χ0) is 33.2. The summed E-state index contributed by atoms with van der Waals surface area (Å²) in [7, 11) is 3.07. The van der Waals surface area contributed by atoms with Gasteiger partial charge in [0.05, 0.1) is 36.5 Å². The molecule has 1 fully saturated rings. The van der Waals surface area contributed by atoms with Crippen LogP contribution < -0.4 is 4.74 Å². The fraction of sp³-hybridized carbons (Fsp3) is 0.559. The van der Waals surface area contributed by atoms with E-state index < -0.39 is 24.4 Å². The van der Waals surface area contributed by atoms with Gasteiger partial charge in [0.15, 0.2) is 5.16 Å². The van der Waals surface area contributed by atoms with Gasteiger partial charge in [0.2, 0.25) is 11.8 Å². The first-order chi connectivity index (χ1) is 22.1. The standard InChI is InChI=1S/C34H48N4O7S/c1-22(2)26-18-37(23(3)39)19-30(44-5)33(42)29(40)20-45-16-9-8-15-38(32(26)24-11-10-12-25(17-24)43-4)31(41)21-46-34-35-27-13-6-7-14-28(27)36-34/h6-7,10-14,17,22,26,29-30,32-33,40,42H,8-9,15-16,18-21H2,1-5H3,(H,35,36)/t26-,29+,30+,32-,33+/m1/s1. The Morgan fingerprint density at radius 1 is 1.11 bits per heavy atom. The van der Waals surface area contributed by atoms with Crippen molar-refractivity contribution >= 4 is 34.6 Å². The maximum atomic E-state index is 14.3. The lowest BCUT2D eigenvalue weighted by atomic mass is 9.82. The molecule has 1 aliphatic heterocycles. The second kappa shape index (κ2) is 17.1. The summed E-state index contributed by atoms with van der Waals surface area (Å²) in [4.78, 5) is 38.9. The Balaban J connectivity index is 1.74. The second-order valence-electron chi connectivity index (χ2n) is 12.1. The number of ether oxygens (including phenoxy) is 3. The van der Waals surface area contributed by atoms with E-state index in [0.29, 0.717) is 43.4 Å². The van der Waals surface area contributed by atoms with Gasteiger partial charge in [0, 0.05) is 46.2 Å². The molecule has 0 bridgehead atoms. The van der Waals surface area contributed by atoms with Gasteiger partial charge in [-0.2, -0.15) is 0 Å². The monoisotopic (exact) mass is 656 g/mol. The molecule has 5 atom stereocenters. The molecule has 1 aromatic heterocycles. The third-order valence-corrected chi connectivity index (χ3v) is 9.49. The summed E-state index contributed by atoms with van der Waals surface area (Å²) in [5.41, 5.74) is 2.66. The fourth-order valence-electron chi connectivity index (χ4n) is 5.95. The molecule has 2 heterocycles. The summed E-state index contributed by atoms with van der Waals surface area (Å²) in [6, 6.07) is 15.1. The van der Waals surface area contributed by atoms with Gasteiger partial charge in [-0.15, -0.1) is 0 Å². The number of thioether (sulfide) groups is 1. The number of aromatic nitrogens is 2. The topological polar surface area (TPSA) is 137 Å². The number of hydrogen-bond donors (Lipinski definition) is 3. The molecule has 46 heavy (non-hydrogen) atoms. The van der Waals surface area contributed by atoms with Crippen LogP contribution in [0.4, 0.5) is 0 Å². The Bertz CT molecular complexity index is 1390. The number of carbonyl (C=O) groups is 2. The van der Waals surface area contributed by atoms with Crippen molar-refractivity contribution in [2.24, 2.45) is 11.8 Å². The number of aromatic amines is 1. The van der Waals surface area contributed by atoms with Crippen LogP contribution >= 0.6 is 11.8 Å². The van der Waals surface area contributed by atoms with Gasteiger partial charge in [-0.05, 0) is 48.6 Å². The van der Waals surface area contributed by atoms with E-state index in [2.05, 4.69) is 23.8 Å². The Morgan fingerprint density at radius 2 is 1.89 bits per heavy atom. The summed E-state index contributed by atoms with van der Waals surface area (Å²) >= 11 is 1.37. The van der Waals surface area contributed by atoms with Gasteiger partial charge in [-0.3, -0.25) is 9.59 Å². The minimum atomic E-state index is -1.25. The van der Waals surface area contributed by atoms with E-state index >= 15 is 0 Å². The van der Waals surface area contributed by atoms with Crippen molar-refractivity contribution in [3.63, 3.8) is 0 Å². The third kappa shape index (κ3) is 9.22. The molecule has 0 unspecified atom stereocenters. The number of fused-ring (bicyclic) bond motifs is 1. The van der Waals surface area contributed by atoms with Crippen LogP contribution in [-0.2, 0) is 19.1 Å². The van der Waals surface area contributed by atoms with Crippen molar-refractivity contribution in [2.75, 3.05) is 52.8 Å². The molecule has 3 N–H and O–H groups in total. The zero-order valence-electron chi connectivity index (χ0n) is 27.4. The van der Waals surface area contributed by atoms with Crippen LogP contribution in [0.5, 0.6) is 5.75 Å². The molecular formula is C34H48N4O7S. The quantitative estimate of drug-likeness (QED) is 0.324. The SMILES string of the molecule is COc1cccc([C@@H]2[C@@H](C(C)C)CN(C(C)=O)C[C@H](OC)[C@@H](O)[C@@H](O)COCCCCN2C(=O)CSc2nc3ccccc3[nH]2)c1. The first-order valence-electron chi connectivity index (χ1n) is 15.9. The van der Waals surface area contributed by atoms with Crippen LogP contribution in [0, 0.1) is 11.8 Å². The van der Waals surface area contributed by atoms with Crippen molar-refractivity contribution < 1.29 is 34.0 Å². The van der Waals surface area contributed by atoms with Gasteiger partial charge in [-0.25, -0.2) is 4.98 Å². The van der Waals surface area contributed by atoms with Crippen LogP contribution in [0.3, 0.4) is 0 Å². The number of para-hydroxylation sites is 2. The molecule has 2 aromatic carbocycles. The van der Waals surface area contributed by atoms with E-state index in [1.54, 1.807) is 12.0 Å². The maximum absolute atomic E-state index is 14.3. The number of rotatable bonds is 7. The molecule has 12 heteroatoms. The molecule has 0 spiro atoms. The summed E-state index contributed by atoms with van der Waals surface area (Å²) in [5.74, 6) is 0.446.